The van der Waals surface area contributed by atoms with Crippen molar-refractivity contribution in [3.05, 3.63) is 46.4 Å². The molecule has 0 saturated heterocycles. The average molecular weight is 317 g/mol. The molecule has 2 rings (SSSR count). The van der Waals surface area contributed by atoms with E-state index in [0.717, 1.165) is 17.8 Å². The third-order valence-electron chi connectivity index (χ3n) is 2.72. The number of hydrogen-bond donors (Lipinski definition) is 0. The number of halogens is 4. The fourth-order valence-corrected chi connectivity index (χ4v) is 1.95. The molecule has 2 aromatic heterocycles. The lowest BCUT2D eigenvalue weighted by molar-refractivity contribution is -0.137. The van der Waals surface area contributed by atoms with E-state index in [1.165, 1.54) is 0 Å². The molecule has 0 amide bonds. The Morgan fingerprint density at radius 3 is 2.52 bits per heavy atom. The van der Waals surface area contributed by atoms with Crippen LogP contribution < -0.4 is 4.74 Å². The minimum absolute atomic E-state index is 0.213. The summed E-state index contributed by atoms with van der Waals surface area (Å²) >= 11 is 5.61. The molecule has 0 N–H and O–H groups in total. The number of alkyl halides is 3. The lowest BCUT2D eigenvalue weighted by atomic mass is 10.2. The second kappa shape index (κ2) is 5.89. The van der Waals surface area contributed by atoms with Gasteiger partial charge in [-0.05, 0) is 31.5 Å². The number of aryl methyl sites for hydroxylation is 2. The van der Waals surface area contributed by atoms with Gasteiger partial charge in [-0.2, -0.15) is 13.2 Å². The van der Waals surface area contributed by atoms with E-state index in [2.05, 4.69) is 9.97 Å². The molecule has 2 heterocycles. The van der Waals surface area contributed by atoms with Crippen LogP contribution in [-0.4, -0.2) is 9.97 Å². The normalized spacial score (nSPS) is 11.5. The zero-order chi connectivity index (χ0) is 15.6. The van der Waals surface area contributed by atoms with Gasteiger partial charge < -0.3 is 4.74 Å². The molecular formula is C14H12ClF3N2O. The van der Waals surface area contributed by atoms with Crippen molar-refractivity contribution in [3.8, 4) is 11.6 Å². The average Bonchev–Trinajstić information content (AvgIpc) is 2.39. The standard InChI is InChI=1S/C14H12ClF3N2O/c1-3-10-11(5-4-8(2)19-10)21-13-7-9(14(16,17)18)6-12(15)20-13/h4-7H,3H2,1-2H3. The molecule has 0 fully saturated rings. The van der Waals surface area contributed by atoms with Crippen LogP contribution in [0.25, 0.3) is 0 Å². The largest absolute Gasteiger partial charge is 0.437 e. The second-order valence-electron chi connectivity index (χ2n) is 4.37. The van der Waals surface area contributed by atoms with Crippen molar-refractivity contribution < 1.29 is 17.9 Å². The lowest BCUT2D eigenvalue weighted by Gasteiger charge is -2.12. The van der Waals surface area contributed by atoms with E-state index < -0.39 is 11.7 Å². The van der Waals surface area contributed by atoms with E-state index in [-0.39, 0.29) is 11.0 Å². The maximum absolute atomic E-state index is 12.7. The molecule has 7 heteroatoms. The zero-order valence-corrected chi connectivity index (χ0v) is 12.1. The fraction of sp³-hybridized carbons (Fsp3) is 0.286. The zero-order valence-electron chi connectivity index (χ0n) is 11.3. The van der Waals surface area contributed by atoms with Crippen molar-refractivity contribution in [2.75, 3.05) is 0 Å². The summed E-state index contributed by atoms with van der Waals surface area (Å²) in [6, 6.07) is 4.93. The highest BCUT2D eigenvalue weighted by Gasteiger charge is 2.32. The van der Waals surface area contributed by atoms with Crippen LogP contribution in [0.4, 0.5) is 13.2 Å². The van der Waals surface area contributed by atoms with Gasteiger partial charge in [-0.25, -0.2) is 4.98 Å². The highest BCUT2D eigenvalue weighted by Crippen LogP contribution is 2.34. The Labute approximate surface area is 124 Å². The summed E-state index contributed by atoms with van der Waals surface area (Å²) in [6.07, 6.45) is -3.92. The Hall–Kier alpha value is -1.82. The predicted octanol–water partition coefficient (Wildman–Crippen LogP) is 4.81. The van der Waals surface area contributed by atoms with Gasteiger partial charge in [0.1, 0.15) is 5.15 Å². The molecule has 112 valence electrons. The summed E-state index contributed by atoms with van der Waals surface area (Å²) in [5, 5.41) is -0.280. The monoisotopic (exact) mass is 316 g/mol. The topological polar surface area (TPSA) is 35.0 Å². The molecule has 0 aliphatic rings. The van der Waals surface area contributed by atoms with Crippen molar-refractivity contribution >= 4 is 11.6 Å². The third-order valence-corrected chi connectivity index (χ3v) is 2.91. The highest BCUT2D eigenvalue weighted by atomic mass is 35.5. The molecule has 0 atom stereocenters. The SMILES string of the molecule is CCc1nc(C)ccc1Oc1cc(C(F)(F)F)cc(Cl)n1. The molecule has 0 saturated carbocycles. The van der Waals surface area contributed by atoms with Gasteiger partial charge in [-0.3, -0.25) is 4.98 Å². The first-order chi connectivity index (χ1) is 9.79. The van der Waals surface area contributed by atoms with Gasteiger partial charge in [0.15, 0.2) is 5.75 Å². The van der Waals surface area contributed by atoms with Gasteiger partial charge >= 0.3 is 6.18 Å². The number of hydrogen-bond acceptors (Lipinski definition) is 3. The molecular weight excluding hydrogens is 305 g/mol. The molecule has 0 radical (unpaired) electrons. The van der Waals surface area contributed by atoms with Crippen molar-refractivity contribution in [3.63, 3.8) is 0 Å². The lowest BCUT2D eigenvalue weighted by Crippen LogP contribution is -2.06. The van der Waals surface area contributed by atoms with E-state index in [1.54, 1.807) is 12.1 Å². The smallest absolute Gasteiger partial charge is 0.416 e. The number of ether oxygens (including phenoxy) is 1. The molecule has 3 nitrogen and oxygen atoms in total. The minimum Gasteiger partial charge on any atom is -0.437 e. The van der Waals surface area contributed by atoms with Crippen LogP contribution in [-0.2, 0) is 12.6 Å². The first kappa shape index (κ1) is 15.6. The second-order valence-corrected chi connectivity index (χ2v) is 4.75. The summed E-state index contributed by atoms with van der Waals surface area (Å²) in [6.45, 7) is 3.70. The van der Waals surface area contributed by atoms with E-state index in [1.807, 2.05) is 13.8 Å². The Morgan fingerprint density at radius 1 is 1.19 bits per heavy atom. The van der Waals surface area contributed by atoms with E-state index in [0.29, 0.717) is 17.9 Å². The number of aromatic nitrogens is 2. The van der Waals surface area contributed by atoms with E-state index in [4.69, 9.17) is 16.3 Å². The van der Waals surface area contributed by atoms with Crippen LogP contribution in [0.15, 0.2) is 24.3 Å². The van der Waals surface area contributed by atoms with Crippen LogP contribution in [0, 0.1) is 6.92 Å². The van der Waals surface area contributed by atoms with Gasteiger partial charge in [-0.15, -0.1) is 0 Å². The predicted molar refractivity (Wildman–Crippen MR) is 72.7 cm³/mol. The molecule has 2 aromatic rings. The Kier molecular flexibility index (Phi) is 4.37. The first-order valence-corrected chi connectivity index (χ1v) is 6.56. The van der Waals surface area contributed by atoms with Crippen LogP contribution in [0.3, 0.4) is 0 Å². The van der Waals surface area contributed by atoms with Crippen molar-refractivity contribution in [1.29, 1.82) is 0 Å². The Morgan fingerprint density at radius 2 is 1.90 bits per heavy atom. The van der Waals surface area contributed by atoms with E-state index >= 15 is 0 Å². The first-order valence-electron chi connectivity index (χ1n) is 6.18. The van der Waals surface area contributed by atoms with Crippen LogP contribution in [0.2, 0.25) is 5.15 Å². The van der Waals surface area contributed by atoms with Gasteiger partial charge in [-0.1, -0.05) is 18.5 Å². The summed E-state index contributed by atoms with van der Waals surface area (Å²) in [5.74, 6) is 0.154. The van der Waals surface area contributed by atoms with Crippen molar-refractivity contribution in [1.82, 2.24) is 9.97 Å². The van der Waals surface area contributed by atoms with Crippen LogP contribution in [0.1, 0.15) is 23.9 Å². The molecule has 0 aliphatic heterocycles. The van der Waals surface area contributed by atoms with Crippen LogP contribution >= 0.6 is 11.6 Å². The molecule has 21 heavy (non-hydrogen) atoms. The molecule has 0 aromatic carbocycles. The summed E-state index contributed by atoms with van der Waals surface area (Å²) < 4.78 is 43.6. The Balaban J connectivity index is 2.38. The van der Waals surface area contributed by atoms with Gasteiger partial charge in [0.2, 0.25) is 5.88 Å². The minimum atomic E-state index is -4.51. The Bertz CT molecular complexity index is 659. The van der Waals surface area contributed by atoms with Crippen molar-refractivity contribution in [2.24, 2.45) is 0 Å². The van der Waals surface area contributed by atoms with Crippen molar-refractivity contribution in [2.45, 2.75) is 26.4 Å². The molecule has 0 unspecified atom stereocenters. The van der Waals surface area contributed by atoms with Crippen LogP contribution in [0.5, 0.6) is 11.6 Å². The molecule has 0 bridgehead atoms. The maximum atomic E-state index is 12.7. The summed E-state index contributed by atoms with van der Waals surface area (Å²) in [5.41, 5.74) is 0.537. The molecule has 0 aliphatic carbocycles. The fourth-order valence-electron chi connectivity index (χ4n) is 1.75. The highest BCUT2D eigenvalue weighted by molar-refractivity contribution is 6.29. The quantitative estimate of drug-likeness (QED) is 0.762. The number of nitrogens with zero attached hydrogens (tertiary/aromatic N) is 2. The third kappa shape index (κ3) is 3.85. The maximum Gasteiger partial charge on any atom is 0.416 e. The van der Waals surface area contributed by atoms with Gasteiger partial charge in [0, 0.05) is 11.8 Å². The summed E-state index contributed by atoms with van der Waals surface area (Å²) in [4.78, 5) is 8.03. The van der Waals surface area contributed by atoms with E-state index in [9.17, 15) is 13.2 Å². The van der Waals surface area contributed by atoms with Gasteiger partial charge in [0.25, 0.3) is 0 Å². The van der Waals surface area contributed by atoms with Gasteiger partial charge in [0.05, 0.1) is 11.3 Å². The number of rotatable bonds is 3. The summed E-state index contributed by atoms with van der Waals surface area (Å²) in [7, 11) is 0. The number of pyridine rings is 2. The molecule has 0 spiro atoms.